The number of nitro benzene ring substituents is 1. The molecule has 0 aromatic heterocycles. The van der Waals surface area contributed by atoms with Crippen LogP contribution in [0.1, 0.15) is 22.7 Å². The number of nitro groups is 1. The van der Waals surface area contributed by atoms with Crippen molar-refractivity contribution in [2.75, 3.05) is 41.6 Å². The summed E-state index contributed by atoms with van der Waals surface area (Å²) in [6.45, 7) is 0.599. The van der Waals surface area contributed by atoms with Gasteiger partial charge >= 0.3 is 0 Å². The Balaban J connectivity index is 1.62. The molecule has 3 aromatic carbocycles. The second-order valence-electron chi connectivity index (χ2n) is 8.71. The van der Waals surface area contributed by atoms with Gasteiger partial charge in [-0.3, -0.25) is 14.9 Å². The smallest absolute Gasteiger partial charge is 0.269 e. The number of nitrogens with zero attached hydrogens (tertiary/aromatic N) is 2. The minimum Gasteiger partial charge on any atom is -0.493 e. The highest BCUT2D eigenvalue weighted by molar-refractivity contribution is 5.92. The van der Waals surface area contributed by atoms with Gasteiger partial charge in [0, 0.05) is 24.8 Å². The normalized spacial score (nSPS) is 14.5. The van der Waals surface area contributed by atoms with E-state index in [9.17, 15) is 14.9 Å². The van der Waals surface area contributed by atoms with Crippen molar-refractivity contribution in [3.8, 4) is 28.7 Å². The van der Waals surface area contributed by atoms with Gasteiger partial charge in [-0.25, -0.2) is 0 Å². The third-order valence-corrected chi connectivity index (χ3v) is 6.57. The number of non-ortho nitro benzene ring substituents is 1. The minimum atomic E-state index is -0.466. The zero-order valence-electron chi connectivity index (χ0n) is 22.2. The molecule has 1 amide bonds. The summed E-state index contributed by atoms with van der Waals surface area (Å²) >= 11 is 0. The van der Waals surface area contributed by atoms with Crippen molar-refractivity contribution in [2.24, 2.45) is 0 Å². The van der Waals surface area contributed by atoms with Gasteiger partial charge in [-0.1, -0.05) is 6.07 Å². The lowest BCUT2D eigenvalue weighted by atomic mass is 9.92. The number of ether oxygens (including phenoxy) is 5. The van der Waals surface area contributed by atoms with Crippen LogP contribution in [-0.4, -0.2) is 57.3 Å². The fourth-order valence-electron chi connectivity index (χ4n) is 4.53. The van der Waals surface area contributed by atoms with E-state index in [-0.39, 0.29) is 18.2 Å². The first kappa shape index (κ1) is 27.3. The van der Waals surface area contributed by atoms with Crippen molar-refractivity contribution in [2.45, 2.75) is 12.5 Å². The van der Waals surface area contributed by atoms with Gasteiger partial charge in [0.15, 0.2) is 23.0 Å². The lowest BCUT2D eigenvalue weighted by Crippen LogP contribution is -2.41. The molecule has 204 valence electrons. The van der Waals surface area contributed by atoms with Crippen LogP contribution in [0.5, 0.6) is 28.7 Å². The summed E-state index contributed by atoms with van der Waals surface area (Å²) < 4.78 is 27.7. The highest BCUT2D eigenvalue weighted by Gasteiger charge is 2.32. The molecule has 0 fully saturated rings. The van der Waals surface area contributed by atoms with E-state index < -0.39 is 11.0 Å². The van der Waals surface area contributed by atoms with Gasteiger partial charge in [-0.05, 0) is 65.6 Å². The third kappa shape index (κ3) is 6.06. The van der Waals surface area contributed by atoms with Crippen molar-refractivity contribution in [1.29, 1.82) is 0 Å². The first-order valence-electron chi connectivity index (χ1n) is 12.2. The van der Waals surface area contributed by atoms with E-state index in [4.69, 9.17) is 23.7 Å². The van der Waals surface area contributed by atoms with Crippen LogP contribution in [0, 0.1) is 10.1 Å². The third-order valence-electron chi connectivity index (χ3n) is 6.57. The molecule has 0 saturated carbocycles. The average Bonchev–Trinajstić information content (AvgIpc) is 2.97. The molecule has 1 unspecified atom stereocenters. The number of fused-ring (bicyclic) bond motifs is 1. The lowest BCUT2D eigenvalue weighted by molar-refractivity contribution is -0.384. The summed E-state index contributed by atoms with van der Waals surface area (Å²) in [4.78, 5) is 25.8. The molecule has 1 atom stereocenters. The summed E-state index contributed by atoms with van der Waals surface area (Å²) in [7, 11) is 6.26. The molecule has 1 aliphatic heterocycles. The number of benzene rings is 3. The molecule has 0 spiro atoms. The Morgan fingerprint density at radius 1 is 0.923 bits per heavy atom. The standard InChI is InChI=1S/C29H30N2O8/c1-35-25-11-5-19(15-26(25)36-2)6-12-29(32)30-14-13-20-16-27(37-3)28(38-4)17-23(20)24(30)18-39-22-9-7-21(8-10-22)31(33)34/h5-12,15-17,24H,13-14,18H2,1-4H3. The lowest BCUT2D eigenvalue weighted by Gasteiger charge is -2.37. The topological polar surface area (TPSA) is 110 Å². The predicted octanol–water partition coefficient (Wildman–Crippen LogP) is 4.85. The van der Waals surface area contributed by atoms with Crippen LogP contribution >= 0.6 is 0 Å². The number of hydrogen-bond acceptors (Lipinski definition) is 8. The Hall–Kier alpha value is -4.73. The quantitative estimate of drug-likeness (QED) is 0.206. The minimum absolute atomic E-state index is 0.0284. The Morgan fingerprint density at radius 2 is 1.56 bits per heavy atom. The van der Waals surface area contributed by atoms with Crippen molar-refractivity contribution < 1.29 is 33.4 Å². The van der Waals surface area contributed by atoms with E-state index in [1.165, 1.54) is 18.2 Å². The largest absolute Gasteiger partial charge is 0.493 e. The van der Waals surface area contributed by atoms with E-state index >= 15 is 0 Å². The van der Waals surface area contributed by atoms with Crippen LogP contribution in [0.15, 0.2) is 60.7 Å². The summed E-state index contributed by atoms with van der Waals surface area (Å²) in [6.07, 6.45) is 3.87. The monoisotopic (exact) mass is 534 g/mol. The molecular formula is C29H30N2O8. The molecule has 0 aliphatic carbocycles. The van der Waals surface area contributed by atoms with Gasteiger partial charge in [0.1, 0.15) is 12.4 Å². The zero-order chi connectivity index (χ0) is 27.9. The fraction of sp³-hybridized carbons (Fsp3) is 0.276. The molecule has 3 aromatic rings. The summed E-state index contributed by atoms with van der Waals surface area (Å²) in [5.74, 6) is 2.59. The van der Waals surface area contributed by atoms with E-state index in [1.54, 1.807) is 63.7 Å². The highest BCUT2D eigenvalue weighted by atomic mass is 16.6. The van der Waals surface area contributed by atoms with Gasteiger partial charge in [0.25, 0.3) is 5.69 Å². The fourth-order valence-corrected chi connectivity index (χ4v) is 4.53. The van der Waals surface area contributed by atoms with E-state index in [0.717, 1.165) is 16.7 Å². The molecule has 1 aliphatic rings. The molecular weight excluding hydrogens is 504 g/mol. The SMILES string of the molecule is COc1ccc(C=CC(=O)N2CCc3cc(OC)c(OC)cc3C2COc2ccc([N+](=O)[O-])cc2)cc1OC. The van der Waals surface area contributed by atoms with Gasteiger partial charge in [0.05, 0.1) is 39.4 Å². The van der Waals surface area contributed by atoms with Crippen molar-refractivity contribution in [3.63, 3.8) is 0 Å². The Labute approximate surface area is 226 Å². The molecule has 10 nitrogen and oxygen atoms in total. The number of rotatable bonds is 10. The Morgan fingerprint density at radius 3 is 2.21 bits per heavy atom. The summed E-state index contributed by atoms with van der Waals surface area (Å²) in [6, 6.07) is 14.6. The van der Waals surface area contributed by atoms with Gasteiger partial charge in [-0.15, -0.1) is 0 Å². The van der Waals surface area contributed by atoms with Crippen LogP contribution in [-0.2, 0) is 11.2 Å². The highest BCUT2D eigenvalue weighted by Crippen LogP contribution is 2.39. The zero-order valence-corrected chi connectivity index (χ0v) is 22.2. The predicted molar refractivity (Wildman–Crippen MR) is 145 cm³/mol. The second-order valence-corrected chi connectivity index (χ2v) is 8.71. The maximum Gasteiger partial charge on any atom is 0.269 e. The Kier molecular flexibility index (Phi) is 8.55. The number of amides is 1. The second kappa shape index (κ2) is 12.2. The molecule has 0 bridgehead atoms. The van der Waals surface area contributed by atoms with Crippen molar-refractivity contribution in [1.82, 2.24) is 4.90 Å². The van der Waals surface area contributed by atoms with Crippen molar-refractivity contribution in [3.05, 3.63) is 87.5 Å². The maximum atomic E-state index is 13.5. The van der Waals surface area contributed by atoms with Gasteiger partial charge in [0.2, 0.25) is 5.91 Å². The summed E-state index contributed by atoms with van der Waals surface area (Å²) in [5.41, 5.74) is 2.66. The molecule has 0 saturated heterocycles. The van der Waals surface area contributed by atoms with E-state index in [1.807, 2.05) is 18.2 Å². The average molecular weight is 535 g/mol. The van der Waals surface area contributed by atoms with Crippen molar-refractivity contribution >= 4 is 17.7 Å². The number of hydrogen-bond donors (Lipinski definition) is 0. The van der Waals surface area contributed by atoms with Gasteiger partial charge < -0.3 is 28.6 Å². The number of carbonyl (C=O) groups is 1. The number of carbonyl (C=O) groups excluding carboxylic acids is 1. The van der Waals surface area contributed by atoms with Crippen LogP contribution < -0.4 is 23.7 Å². The first-order chi connectivity index (χ1) is 18.9. The molecule has 10 heteroatoms. The summed E-state index contributed by atoms with van der Waals surface area (Å²) in [5, 5.41) is 11.0. The molecule has 39 heavy (non-hydrogen) atoms. The maximum absolute atomic E-state index is 13.5. The molecule has 0 N–H and O–H groups in total. The number of methoxy groups -OCH3 is 4. The molecule has 1 heterocycles. The van der Waals surface area contributed by atoms with E-state index in [2.05, 4.69) is 0 Å². The van der Waals surface area contributed by atoms with E-state index in [0.29, 0.717) is 41.7 Å². The van der Waals surface area contributed by atoms with Crippen LogP contribution in [0.4, 0.5) is 5.69 Å². The van der Waals surface area contributed by atoms with Gasteiger partial charge in [-0.2, -0.15) is 0 Å². The first-order valence-corrected chi connectivity index (χ1v) is 12.2. The molecule has 0 radical (unpaired) electrons. The van der Waals surface area contributed by atoms with Crippen LogP contribution in [0.2, 0.25) is 0 Å². The van der Waals surface area contributed by atoms with Crippen LogP contribution in [0.3, 0.4) is 0 Å². The Bertz CT molecular complexity index is 1370. The van der Waals surface area contributed by atoms with Crippen LogP contribution in [0.25, 0.3) is 6.08 Å². The molecule has 4 rings (SSSR count).